The quantitative estimate of drug-likeness (QED) is 0.766. The number of carbonyl (C=O) groups excluding carboxylic acids is 1. The molecule has 0 saturated heterocycles. The van der Waals surface area contributed by atoms with E-state index >= 15 is 0 Å². The van der Waals surface area contributed by atoms with Gasteiger partial charge in [-0.25, -0.2) is 0 Å². The minimum Gasteiger partial charge on any atom is -0.415 e. The van der Waals surface area contributed by atoms with E-state index < -0.39 is 0 Å². The van der Waals surface area contributed by atoms with Crippen LogP contribution in [0.3, 0.4) is 0 Å². The summed E-state index contributed by atoms with van der Waals surface area (Å²) in [5, 5.41) is 11.0. The van der Waals surface area contributed by atoms with Gasteiger partial charge in [-0.15, -0.1) is 10.2 Å². The third kappa shape index (κ3) is 4.38. The molecule has 1 aromatic carbocycles. The van der Waals surface area contributed by atoms with Crippen molar-refractivity contribution < 1.29 is 14.1 Å². The largest absolute Gasteiger partial charge is 0.415 e. The molecule has 0 aliphatic carbocycles. The highest BCUT2D eigenvalue weighted by atomic mass is 79.9. The third-order valence-electron chi connectivity index (χ3n) is 3.26. The molecular formula is C15H20BrN4O2+. The van der Waals surface area contributed by atoms with E-state index in [0.29, 0.717) is 31.4 Å². The van der Waals surface area contributed by atoms with Gasteiger partial charge in [-0.3, -0.25) is 4.79 Å². The summed E-state index contributed by atoms with van der Waals surface area (Å²) in [5.41, 5.74) is 0.864. The second kappa shape index (κ2) is 8.05. The number of amides is 1. The number of quaternary nitrogens is 1. The Morgan fingerprint density at radius 1 is 1.32 bits per heavy atom. The molecule has 0 radical (unpaired) electrons. The second-order valence-electron chi connectivity index (χ2n) is 4.89. The van der Waals surface area contributed by atoms with Crippen LogP contribution in [0, 0.1) is 0 Å². The van der Waals surface area contributed by atoms with Gasteiger partial charge in [-0.05, 0) is 41.9 Å². The zero-order valence-electron chi connectivity index (χ0n) is 12.7. The Labute approximate surface area is 138 Å². The van der Waals surface area contributed by atoms with Crippen molar-refractivity contribution in [1.29, 1.82) is 0 Å². The first-order valence-corrected chi connectivity index (χ1v) is 8.10. The maximum atomic E-state index is 11.7. The van der Waals surface area contributed by atoms with Crippen LogP contribution in [0.4, 0.5) is 0 Å². The summed E-state index contributed by atoms with van der Waals surface area (Å²) in [6.45, 7) is 6.32. The maximum absolute atomic E-state index is 11.7. The number of rotatable bonds is 7. The van der Waals surface area contributed by atoms with Crippen molar-refractivity contribution in [3.8, 4) is 11.5 Å². The Morgan fingerprint density at radius 3 is 2.77 bits per heavy atom. The first kappa shape index (κ1) is 16.6. The molecule has 1 aromatic heterocycles. The first-order valence-electron chi connectivity index (χ1n) is 7.31. The van der Waals surface area contributed by atoms with Gasteiger partial charge in [0, 0.05) is 11.0 Å². The van der Waals surface area contributed by atoms with Crippen LogP contribution < -0.4 is 10.2 Å². The molecule has 118 valence electrons. The lowest BCUT2D eigenvalue weighted by molar-refractivity contribution is -0.905. The molecule has 0 spiro atoms. The summed E-state index contributed by atoms with van der Waals surface area (Å²) in [6, 6.07) is 7.70. The molecule has 1 heterocycles. The lowest BCUT2D eigenvalue weighted by atomic mass is 10.2. The third-order valence-corrected chi connectivity index (χ3v) is 3.95. The fourth-order valence-electron chi connectivity index (χ4n) is 2.08. The van der Waals surface area contributed by atoms with Gasteiger partial charge in [-0.1, -0.05) is 12.1 Å². The molecule has 6 nitrogen and oxygen atoms in total. The van der Waals surface area contributed by atoms with Crippen LogP contribution in [0.5, 0.6) is 0 Å². The van der Waals surface area contributed by atoms with Crippen molar-refractivity contribution in [2.24, 2.45) is 0 Å². The predicted octanol–water partition coefficient (Wildman–Crippen LogP) is 1.04. The van der Waals surface area contributed by atoms with E-state index in [1.807, 2.05) is 38.1 Å². The number of likely N-dealkylation sites (N-methyl/N-ethyl adjacent to an activating group) is 2. The monoisotopic (exact) mass is 367 g/mol. The SMILES string of the molecule is CCNC(=O)C[NH+](CC)Cc1nnc(-c2ccccc2Br)o1. The average Bonchev–Trinajstić information content (AvgIpc) is 2.95. The standard InChI is InChI=1S/C15H19BrN4O2/c1-3-17-13(21)9-20(4-2)10-14-18-19-15(22-14)11-7-5-6-8-12(11)16/h5-8H,3-4,9-10H2,1-2H3,(H,17,21)/p+1. The number of carbonyl (C=O) groups is 1. The maximum Gasteiger partial charge on any atom is 0.275 e. The number of nitrogens with zero attached hydrogens (tertiary/aromatic N) is 2. The van der Waals surface area contributed by atoms with E-state index in [2.05, 4.69) is 31.4 Å². The fraction of sp³-hybridized carbons (Fsp3) is 0.400. The molecule has 7 heteroatoms. The van der Waals surface area contributed by atoms with Crippen LogP contribution in [0.15, 0.2) is 33.2 Å². The van der Waals surface area contributed by atoms with Gasteiger partial charge in [0.1, 0.15) is 0 Å². The molecule has 2 aromatic rings. The summed E-state index contributed by atoms with van der Waals surface area (Å²) in [7, 11) is 0. The van der Waals surface area contributed by atoms with Gasteiger partial charge >= 0.3 is 0 Å². The van der Waals surface area contributed by atoms with Crippen LogP contribution in [-0.4, -0.2) is 35.7 Å². The topological polar surface area (TPSA) is 72.5 Å². The Hall–Kier alpha value is -1.73. The number of nitrogens with one attached hydrogen (secondary N) is 2. The molecule has 1 amide bonds. The lowest BCUT2D eigenvalue weighted by Gasteiger charge is -2.14. The van der Waals surface area contributed by atoms with Gasteiger partial charge in [-0.2, -0.15) is 0 Å². The first-order chi connectivity index (χ1) is 10.6. The molecule has 0 aliphatic rings. The summed E-state index contributed by atoms with van der Waals surface area (Å²) >= 11 is 3.47. The second-order valence-corrected chi connectivity index (χ2v) is 5.75. The van der Waals surface area contributed by atoms with Crippen molar-refractivity contribution >= 4 is 21.8 Å². The Balaban J connectivity index is 2.05. The minimum absolute atomic E-state index is 0.0323. The van der Waals surface area contributed by atoms with E-state index in [1.165, 1.54) is 0 Å². The average molecular weight is 368 g/mol. The molecule has 0 saturated carbocycles. The molecule has 2 rings (SSSR count). The van der Waals surface area contributed by atoms with E-state index in [1.54, 1.807) is 0 Å². The molecular weight excluding hydrogens is 348 g/mol. The van der Waals surface area contributed by atoms with Crippen LogP contribution >= 0.6 is 15.9 Å². The number of hydrogen-bond acceptors (Lipinski definition) is 4. The highest BCUT2D eigenvalue weighted by Gasteiger charge is 2.17. The summed E-state index contributed by atoms with van der Waals surface area (Å²) in [5.74, 6) is 1.05. The smallest absolute Gasteiger partial charge is 0.275 e. The molecule has 1 atom stereocenters. The number of aromatic nitrogens is 2. The van der Waals surface area contributed by atoms with Crippen molar-refractivity contribution in [2.45, 2.75) is 20.4 Å². The van der Waals surface area contributed by atoms with Crippen LogP contribution in [-0.2, 0) is 11.3 Å². The van der Waals surface area contributed by atoms with Gasteiger partial charge in [0.15, 0.2) is 13.1 Å². The molecule has 0 bridgehead atoms. The highest BCUT2D eigenvalue weighted by molar-refractivity contribution is 9.10. The Bertz CT molecular complexity index is 630. The van der Waals surface area contributed by atoms with E-state index in [9.17, 15) is 4.79 Å². The number of halogens is 1. The summed E-state index contributed by atoms with van der Waals surface area (Å²) < 4.78 is 6.63. The molecule has 2 N–H and O–H groups in total. The molecule has 0 fully saturated rings. The lowest BCUT2D eigenvalue weighted by Crippen LogP contribution is -3.11. The summed E-state index contributed by atoms with van der Waals surface area (Å²) in [6.07, 6.45) is 0. The predicted molar refractivity (Wildman–Crippen MR) is 86.2 cm³/mol. The molecule has 0 aliphatic heterocycles. The summed E-state index contributed by atoms with van der Waals surface area (Å²) in [4.78, 5) is 12.7. The van der Waals surface area contributed by atoms with Crippen molar-refractivity contribution in [3.63, 3.8) is 0 Å². The van der Waals surface area contributed by atoms with E-state index in [-0.39, 0.29) is 5.91 Å². The van der Waals surface area contributed by atoms with E-state index in [0.717, 1.165) is 21.5 Å². The van der Waals surface area contributed by atoms with Gasteiger partial charge < -0.3 is 14.6 Å². The highest BCUT2D eigenvalue weighted by Crippen LogP contribution is 2.26. The normalized spacial score (nSPS) is 12.1. The van der Waals surface area contributed by atoms with Gasteiger partial charge in [0.25, 0.3) is 11.8 Å². The van der Waals surface area contributed by atoms with Gasteiger partial charge in [0.05, 0.1) is 12.1 Å². The minimum atomic E-state index is 0.0323. The van der Waals surface area contributed by atoms with Crippen LogP contribution in [0.25, 0.3) is 11.5 Å². The van der Waals surface area contributed by atoms with Crippen LogP contribution in [0.2, 0.25) is 0 Å². The zero-order chi connectivity index (χ0) is 15.9. The number of benzene rings is 1. The van der Waals surface area contributed by atoms with Gasteiger partial charge in [0.2, 0.25) is 5.89 Å². The van der Waals surface area contributed by atoms with Crippen molar-refractivity contribution in [2.75, 3.05) is 19.6 Å². The van der Waals surface area contributed by atoms with Crippen molar-refractivity contribution in [1.82, 2.24) is 15.5 Å². The van der Waals surface area contributed by atoms with Crippen LogP contribution in [0.1, 0.15) is 19.7 Å². The fourth-order valence-corrected chi connectivity index (χ4v) is 2.54. The van der Waals surface area contributed by atoms with Crippen molar-refractivity contribution in [3.05, 3.63) is 34.6 Å². The molecule has 22 heavy (non-hydrogen) atoms. The van der Waals surface area contributed by atoms with E-state index in [4.69, 9.17) is 4.42 Å². The Morgan fingerprint density at radius 2 is 2.09 bits per heavy atom. The number of hydrogen-bond donors (Lipinski definition) is 2. The Kier molecular flexibility index (Phi) is 6.09. The zero-order valence-corrected chi connectivity index (χ0v) is 14.3. The molecule has 1 unspecified atom stereocenters.